The van der Waals surface area contributed by atoms with Crippen LogP contribution in [-0.2, 0) is 4.79 Å². The van der Waals surface area contributed by atoms with Gasteiger partial charge in [-0.25, -0.2) is 0 Å². The van der Waals surface area contributed by atoms with Crippen molar-refractivity contribution in [3.63, 3.8) is 0 Å². The number of nitrogens with zero attached hydrogens (tertiary/aromatic N) is 2. The van der Waals surface area contributed by atoms with E-state index in [0.717, 1.165) is 25.8 Å². The topological polar surface area (TPSA) is 72.7 Å². The lowest BCUT2D eigenvalue weighted by molar-refractivity contribution is -0.385. The van der Waals surface area contributed by atoms with Crippen molar-refractivity contribution >= 4 is 11.6 Å². The van der Waals surface area contributed by atoms with Gasteiger partial charge in [0, 0.05) is 18.7 Å². The van der Waals surface area contributed by atoms with Crippen LogP contribution < -0.4 is 4.74 Å². The number of para-hydroxylation sites is 2. The Kier molecular flexibility index (Phi) is 4.01. The largest absolute Gasteiger partial charge is 0.477 e. The van der Waals surface area contributed by atoms with Crippen molar-refractivity contribution in [2.24, 2.45) is 10.8 Å². The molecule has 1 aliphatic carbocycles. The molecule has 3 rings (SSSR count). The number of benzene rings is 1. The summed E-state index contributed by atoms with van der Waals surface area (Å²) in [5, 5.41) is 11.0. The third-order valence-corrected chi connectivity index (χ3v) is 5.15. The quantitative estimate of drug-likeness (QED) is 0.626. The highest BCUT2D eigenvalue weighted by Crippen LogP contribution is 2.52. The van der Waals surface area contributed by atoms with Gasteiger partial charge in [-0.1, -0.05) is 32.9 Å². The number of ether oxygens (including phenoxy) is 1. The molecule has 2 aliphatic rings. The Labute approximate surface area is 141 Å². The Morgan fingerprint density at radius 1 is 1.33 bits per heavy atom. The molecule has 6 heteroatoms. The molecular formula is C18H24N2O4. The summed E-state index contributed by atoms with van der Waals surface area (Å²) < 4.78 is 5.47. The van der Waals surface area contributed by atoms with Gasteiger partial charge in [0.2, 0.25) is 0 Å². The van der Waals surface area contributed by atoms with Gasteiger partial charge in [-0.3, -0.25) is 14.9 Å². The minimum atomic E-state index is -0.494. The standard InChI is InChI=1S/C18H24N2O4/c1-17(2)8-13-9-18(3,11-17)12-19(13)16(21)10-24-15-7-5-4-6-14(15)20(22)23/h4-7,13H,8-12H2,1-3H3/t13-,18+/m0/s1. The number of nitro groups is 1. The van der Waals surface area contributed by atoms with Crippen molar-refractivity contribution in [1.82, 2.24) is 4.90 Å². The average Bonchev–Trinajstić information content (AvgIpc) is 2.74. The molecule has 0 aromatic heterocycles. The van der Waals surface area contributed by atoms with Crippen LogP contribution >= 0.6 is 0 Å². The van der Waals surface area contributed by atoms with Crippen LogP contribution in [0.25, 0.3) is 0 Å². The molecule has 1 aromatic rings. The molecule has 0 spiro atoms. The monoisotopic (exact) mass is 332 g/mol. The normalized spacial score (nSPS) is 27.8. The zero-order valence-electron chi connectivity index (χ0n) is 14.4. The van der Waals surface area contributed by atoms with Crippen LogP contribution in [0.2, 0.25) is 0 Å². The number of carbonyl (C=O) groups is 1. The Bertz CT molecular complexity index is 673. The number of amides is 1. The molecule has 1 aromatic carbocycles. The summed E-state index contributed by atoms with van der Waals surface area (Å²) in [7, 11) is 0. The highest BCUT2D eigenvalue weighted by Gasteiger charge is 2.50. The van der Waals surface area contributed by atoms with Crippen LogP contribution in [0.4, 0.5) is 5.69 Å². The molecule has 130 valence electrons. The van der Waals surface area contributed by atoms with E-state index in [2.05, 4.69) is 20.8 Å². The van der Waals surface area contributed by atoms with Crippen LogP contribution in [-0.4, -0.2) is 34.9 Å². The van der Waals surface area contributed by atoms with E-state index < -0.39 is 4.92 Å². The van der Waals surface area contributed by atoms with E-state index in [-0.39, 0.29) is 40.8 Å². The summed E-state index contributed by atoms with van der Waals surface area (Å²) >= 11 is 0. The zero-order valence-corrected chi connectivity index (χ0v) is 14.4. The number of carbonyl (C=O) groups excluding carboxylic acids is 1. The first-order chi connectivity index (χ1) is 11.2. The maximum Gasteiger partial charge on any atom is 0.310 e. The molecule has 1 heterocycles. The molecule has 1 aliphatic heterocycles. The molecule has 2 fully saturated rings. The highest BCUT2D eigenvalue weighted by atomic mass is 16.6. The van der Waals surface area contributed by atoms with Gasteiger partial charge < -0.3 is 9.64 Å². The van der Waals surface area contributed by atoms with Crippen molar-refractivity contribution in [2.45, 2.75) is 46.1 Å². The maximum atomic E-state index is 12.6. The van der Waals surface area contributed by atoms with E-state index >= 15 is 0 Å². The Morgan fingerprint density at radius 3 is 2.75 bits per heavy atom. The lowest BCUT2D eigenvalue weighted by Gasteiger charge is -2.39. The van der Waals surface area contributed by atoms with Crippen LogP contribution in [0.5, 0.6) is 5.75 Å². The molecule has 1 saturated carbocycles. The van der Waals surface area contributed by atoms with Gasteiger partial charge in [0.05, 0.1) is 4.92 Å². The second kappa shape index (κ2) is 5.76. The van der Waals surface area contributed by atoms with E-state index in [1.807, 2.05) is 4.90 Å². The van der Waals surface area contributed by atoms with E-state index in [9.17, 15) is 14.9 Å². The van der Waals surface area contributed by atoms with Crippen molar-refractivity contribution in [3.05, 3.63) is 34.4 Å². The highest BCUT2D eigenvalue weighted by molar-refractivity contribution is 5.78. The number of fused-ring (bicyclic) bond motifs is 2. The summed E-state index contributed by atoms with van der Waals surface area (Å²) in [6.07, 6.45) is 3.15. The van der Waals surface area contributed by atoms with E-state index in [4.69, 9.17) is 4.74 Å². The fourth-order valence-corrected chi connectivity index (χ4v) is 4.70. The third-order valence-electron chi connectivity index (χ3n) is 5.15. The molecular weight excluding hydrogens is 308 g/mol. The Hall–Kier alpha value is -2.11. The predicted octanol–water partition coefficient (Wildman–Crippen LogP) is 3.40. The lowest BCUT2D eigenvalue weighted by atomic mass is 9.65. The lowest BCUT2D eigenvalue weighted by Crippen LogP contribution is -2.40. The summed E-state index contributed by atoms with van der Waals surface area (Å²) in [6.45, 7) is 7.36. The summed E-state index contributed by atoms with van der Waals surface area (Å²) in [5.74, 6) is 0.0594. The average molecular weight is 332 g/mol. The summed E-state index contributed by atoms with van der Waals surface area (Å²) in [6, 6.07) is 6.41. The number of nitro benzene ring substituents is 1. The molecule has 0 N–H and O–H groups in total. The molecule has 1 saturated heterocycles. The van der Waals surface area contributed by atoms with Gasteiger partial charge in [0.1, 0.15) is 0 Å². The summed E-state index contributed by atoms with van der Waals surface area (Å²) in [4.78, 5) is 25.1. The van der Waals surface area contributed by atoms with E-state index in [1.54, 1.807) is 12.1 Å². The Morgan fingerprint density at radius 2 is 2.04 bits per heavy atom. The van der Waals surface area contributed by atoms with Gasteiger partial charge in [-0.05, 0) is 36.2 Å². The van der Waals surface area contributed by atoms with Crippen molar-refractivity contribution in [2.75, 3.05) is 13.2 Å². The van der Waals surface area contributed by atoms with Gasteiger partial charge in [-0.15, -0.1) is 0 Å². The second-order valence-corrected chi connectivity index (χ2v) is 8.25. The minimum absolute atomic E-state index is 0.0837. The first-order valence-corrected chi connectivity index (χ1v) is 8.35. The first-order valence-electron chi connectivity index (χ1n) is 8.35. The van der Waals surface area contributed by atoms with Gasteiger partial charge >= 0.3 is 5.69 Å². The smallest absolute Gasteiger partial charge is 0.310 e. The number of rotatable bonds is 4. The first kappa shape index (κ1) is 16.7. The summed E-state index contributed by atoms with van der Waals surface area (Å²) in [5.41, 5.74) is 0.297. The van der Waals surface area contributed by atoms with Crippen LogP contribution in [0, 0.1) is 20.9 Å². The molecule has 2 bridgehead atoms. The van der Waals surface area contributed by atoms with Crippen molar-refractivity contribution in [1.29, 1.82) is 0 Å². The second-order valence-electron chi connectivity index (χ2n) is 8.25. The molecule has 1 amide bonds. The Balaban J connectivity index is 1.68. The molecule has 2 atom stereocenters. The van der Waals surface area contributed by atoms with Gasteiger partial charge in [0.15, 0.2) is 12.4 Å². The van der Waals surface area contributed by atoms with Crippen molar-refractivity contribution in [3.8, 4) is 5.75 Å². The number of hydrogen-bond acceptors (Lipinski definition) is 4. The van der Waals surface area contributed by atoms with Gasteiger partial charge in [-0.2, -0.15) is 0 Å². The molecule has 24 heavy (non-hydrogen) atoms. The fourth-order valence-electron chi connectivity index (χ4n) is 4.70. The number of hydrogen-bond donors (Lipinski definition) is 0. The third kappa shape index (κ3) is 3.23. The van der Waals surface area contributed by atoms with E-state index in [1.165, 1.54) is 12.1 Å². The van der Waals surface area contributed by atoms with Crippen LogP contribution in [0.1, 0.15) is 40.0 Å². The molecule has 0 radical (unpaired) electrons. The van der Waals surface area contributed by atoms with Crippen LogP contribution in [0.3, 0.4) is 0 Å². The fraction of sp³-hybridized carbons (Fsp3) is 0.611. The predicted molar refractivity (Wildman–Crippen MR) is 89.8 cm³/mol. The zero-order chi connectivity index (χ0) is 17.5. The SMILES string of the molecule is CC1(C)C[C@H]2C[C@@](C)(CN2C(=O)COc2ccccc2[N+](=O)[O-])C1. The van der Waals surface area contributed by atoms with E-state index in [0.29, 0.717) is 0 Å². The maximum absolute atomic E-state index is 12.6. The molecule has 6 nitrogen and oxygen atoms in total. The number of likely N-dealkylation sites (tertiary alicyclic amines) is 1. The van der Waals surface area contributed by atoms with Crippen molar-refractivity contribution < 1.29 is 14.5 Å². The van der Waals surface area contributed by atoms with Crippen LogP contribution in [0.15, 0.2) is 24.3 Å². The molecule has 0 unspecified atom stereocenters. The minimum Gasteiger partial charge on any atom is -0.477 e. The van der Waals surface area contributed by atoms with Gasteiger partial charge in [0.25, 0.3) is 5.91 Å².